The second kappa shape index (κ2) is 8.14. The Labute approximate surface area is 166 Å². The van der Waals surface area contributed by atoms with E-state index in [1.807, 2.05) is 0 Å². The molecular formula is C18H16O12. The highest BCUT2D eigenvalue weighted by atomic mass is 16.4. The Kier molecular flexibility index (Phi) is 6.04. The van der Waals surface area contributed by atoms with E-state index in [0.717, 1.165) is 0 Å². The first-order valence-corrected chi connectivity index (χ1v) is 8.02. The van der Waals surface area contributed by atoms with Gasteiger partial charge in [0.1, 0.15) is 28.9 Å². The van der Waals surface area contributed by atoms with Crippen molar-refractivity contribution in [2.75, 3.05) is 0 Å². The Bertz CT molecular complexity index is 953. The van der Waals surface area contributed by atoms with Crippen molar-refractivity contribution in [3.05, 3.63) is 46.5 Å². The number of hydrogen-bond acceptors (Lipinski definition) is 9. The number of carboxylic acids is 3. The van der Waals surface area contributed by atoms with E-state index in [1.165, 1.54) is 0 Å². The van der Waals surface area contributed by atoms with E-state index in [2.05, 4.69) is 0 Å². The van der Waals surface area contributed by atoms with Crippen LogP contribution in [0.25, 0.3) is 0 Å². The zero-order valence-electron chi connectivity index (χ0n) is 14.8. The summed E-state index contributed by atoms with van der Waals surface area (Å²) in [6.07, 6.45) is -4.56. The predicted octanol–water partition coefficient (Wildman–Crippen LogP) is -0.0385. The highest BCUT2D eigenvalue weighted by molar-refractivity contribution is 5.84. The molecule has 0 fully saturated rings. The maximum absolute atomic E-state index is 11.9. The molecule has 160 valence electrons. The number of aliphatic hydroxyl groups excluding tert-OH is 2. The molecule has 0 amide bonds. The van der Waals surface area contributed by atoms with E-state index in [4.69, 9.17) is 10.2 Å². The fourth-order valence-electron chi connectivity index (χ4n) is 2.82. The Morgan fingerprint density at radius 1 is 0.533 bits per heavy atom. The summed E-state index contributed by atoms with van der Waals surface area (Å²) in [5.41, 5.74) is -2.48. The van der Waals surface area contributed by atoms with Gasteiger partial charge in [-0.1, -0.05) is 0 Å². The van der Waals surface area contributed by atoms with E-state index >= 15 is 0 Å². The van der Waals surface area contributed by atoms with Crippen LogP contribution in [0.3, 0.4) is 0 Å². The molecule has 0 radical (unpaired) electrons. The lowest BCUT2D eigenvalue weighted by Crippen LogP contribution is -2.17. The van der Waals surface area contributed by atoms with E-state index < -0.39 is 81.3 Å². The summed E-state index contributed by atoms with van der Waals surface area (Å²) in [5, 5.41) is 86.6. The Hall–Kier alpha value is -4.03. The molecule has 2 aromatic rings. The van der Waals surface area contributed by atoms with E-state index in [9.17, 15) is 50.1 Å². The second-order valence-corrected chi connectivity index (χ2v) is 6.19. The SMILES string of the molecule is O=C(O)C(O)c1cc(C(C(=O)O)c2cc(C(O)C(=O)O)c(O)cc2O)c(O)cc1O. The first kappa shape index (κ1) is 22.3. The number of phenolic OH excluding ortho intramolecular Hbond substituents is 4. The van der Waals surface area contributed by atoms with Gasteiger partial charge in [-0.05, 0) is 12.1 Å². The number of carbonyl (C=O) groups is 3. The molecule has 0 saturated heterocycles. The normalized spacial score (nSPS) is 13.9. The zero-order valence-corrected chi connectivity index (χ0v) is 14.8. The number of aliphatic carboxylic acids is 3. The van der Waals surface area contributed by atoms with Crippen molar-refractivity contribution in [1.29, 1.82) is 0 Å². The van der Waals surface area contributed by atoms with Gasteiger partial charge in [0.2, 0.25) is 0 Å². The average molecular weight is 424 g/mol. The molecule has 12 heteroatoms. The van der Waals surface area contributed by atoms with Gasteiger partial charge in [0.15, 0.2) is 12.2 Å². The quantitative estimate of drug-likeness (QED) is 0.285. The summed E-state index contributed by atoms with van der Waals surface area (Å²) in [5.74, 6) is -10.7. The molecule has 0 aromatic heterocycles. The summed E-state index contributed by atoms with van der Waals surface area (Å²) in [7, 11) is 0. The molecule has 0 spiro atoms. The van der Waals surface area contributed by atoms with Crippen LogP contribution in [0.4, 0.5) is 0 Å². The first-order chi connectivity index (χ1) is 13.9. The molecule has 0 bridgehead atoms. The van der Waals surface area contributed by atoms with Gasteiger partial charge in [-0.25, -0.2) is 9.59 Å². The van der Waals surface area contributed by atoms with Crippen LogP contribution in [-0.2, 0) is 14.4 Å². The lowest BCUT2D eigenvalue weighted by Gasteiger charge is -2.20. The van der Waals surface area contributed by atoms with Crippen LogP contribution >= 0.6 is 0 Å². The van der Waals surface area contributed by atoms with Crippen molar-refractivity contribution < 1.29 is 60.3 Å². The van der Waals surface area contributed by atoms with Gasteiger partial charge in [0.25, 0.3) is 0 Å². The van der Waals surface area contributed by atoms with Crippen LogP contribution < -0.4 is 0 Å². The van der Waals surface area contributed by atoms with Gasteiger partial charge in [-0.2, -0.15) is 0 Å². The van der Waals surface area contributed by atoms with Gasteiger partial charge in [0.05, 0.1) is 0 Å². The number of carboxylic acid groups (broad SMARTS) is 3. The molecule has 0 saturated carbocycles. The van der Waals surface area contributed by atoms with Gasteiger partial charge < -0.3 is 46.0 Å². The largest absolute Gasteiger partial charge is 0.507 e. The van der Waals surface area contributed by atoms with Crippen molar-refractivity contribution in [1.82, 2.24) is 0 Å². The molecule has 0 aliphatic heterocycles. The smallest absolute Gasteiger partial charge is 0.337 e. The third-order valence-corrected chi connectivity index (χ3v) is 4.28. The molecule has 2 aromatic carbocycles. The maximum atomic E-state index is 11.9. The number of benzene rings is 2. The molecule has 0 heterocycles. The summed E-state index contributed by atoms with van der Waals surface area (Å²) < 4.78 is 0. The third kappa shape index (κ3) is 4.04. The second-order valence-electron chi connectivity index (χ2n) is 6.19. The van der Waals surface area contributed by atoms with Crippen LogP contribution in [0.15, 0.2) is 24.3 Å². The number of aliphatic hydroxyl groups is 2. The average Bonchev–Trinajstić information content (AvgIpc) is 2.63. The molecular weight excluding hydrogens is 408 g/mol. The lowest BCUT2D eigenvalue weighted by molar-refractivity contribution is -0.147. The van der Waals surface area contributed by atoms with Crippen molar-refractivity contribution in [3.63, 3.8) is 0 Å². The summed E-state index contributed by atoms with van der Waals surface area (Å²) >= 11 is 0. The van der Waals surface area contributed by atoms with E-state index in [0.29, 0.717) is 24.3 Å². The monoisotopic (exact) mass is 424 g/mol. The molecule has 30 heavy (non-hydrogen) atoms. The van der Waals surface area contributed by atoms with Crippen LogP contribution in [-0.4, -0.2) is 63.9 Å². The summed E-state index contributed by atoms with van der Waals surface area (Å²) in [6, 6.07) is 2.53. The number of rotatable bonds is 7. The topological polar surface area (TPSA) is 233 Å². The van der Waals surface area contributed by atoms with Gasteiger partial charge in [-0.3, -0.25) is 4.79 Å². The number of phenols is 4. The molecule has 12 nitrogen and oxygen atoms in total. The molecule has 0 aliphatic carbocycles. The van der Waals surface area contributed by atoms with Crippen LogP contribution in [0.1, 0.15) is 40.4 Å². The van der Waals surface area contributed by atoms with Gasteiger partial charge in [-0.15, -0.1) is 0 Å². The van der Waals surface area contributed by atoms with Crippen molar-refractivity contribution in [2.45, 2.75) is 18.1 Å². The van der Waals surface area contributed by atoms with Crippen molar-refractivity contribution in [2.24, 2.45) is 0 Å². The fourth-order valence-corrected chi connectivity index (χ4v) is 2.82. The standard InChI is InChI=1S/C18H16O12/c19-9-3-11(21)7(14(23)17(27)28)1-5(9)13(16(25)26)6-2-8(15(24)18(29)30)12(22)4-10(6)20/h1-4,13-15,19-24H,(H,25,26)(H,27,28)(H,29,30). The highest BCUT2D eigenvalue weighted by Crippen LogP contribution is 2.43. The minimum absolute atomic E-state index is 0.577. The van der Waals surface area contributed by atoms with Crippen molar-refractivity contribution >= 4 is 17.9 Å². The minimum Gasteiger partial charge on any atom is -0.507 e. The van der Waals surface area contributed by atoms with Gasteiger partial charge in [0, 0.05) is 34.4 Å². The Balaban J connectivity index is 2.77. The number of aromatic hydroxyl groups is 4. The third-order valence-electron chi connectivity index (χ3n) is 4.28. The van der Waals surface area contributed by atoms with E-state index in [1.54, 1.807) is 0 Å². The van der Waals surface area contributed by atoms with E-state index in [-0.39, 0.29) is 0 Å². The van der Waals surface area contributed by atoms with Crippen LogP contribution in [0, 0.1) is 0 Å². The summed E-state index contributed by atoms with van der Waals surface area (Å²) in [6.45, 7) is 0. The van der Waals surface area contributed by atoms with Crippen LogP contribution in [0.2, 0.25) is 0 Å². The minimum atomic E-state index is -2.28. The molecule has 2 rings (SSSR count). The first-order valence-electron chi connectivity index (χ1n) is 8.02. The molecule has 0 aliphatic rings. The lowest BCUT2D eigenvalue weighted by atomic mass is 9.86. The Morgan fingerprint density at radius 3 is 1.10 bits per heavy atom. The van der Waals surface area contributed by atoms with Crippen LogP contribution in [0.5, 0.6) is 23.0 Å². The Morgan fingerprint density at radius 2 is 0.833 bits per heavy atom. The zero-order chi connectivity index (χ0) is 22.9. The highest BCUT2D eigenvalue weighted by Gasteiger charge is 2.33. The maximum Gasteiger partial charge on any atom is 0.337 e. The molecule has 2 atom stereocenters. The molecule has 9 N–H and O–H groups in total. The summed E-state index contributed by atoms with van der Waals surface area (Å²) in [4.78, 5) is 33.9. The van der Waals surface area contributed by atoms with Gasteiger partial charge >= 0.3 is 17.9 Å². The number of hydrogen-bond donors (Lipinski definition) is 9. The molecule has 2 unspecified atom stereocenters. The fraction of sp³-hybridized carbons (Fsp3) is 0.167. The predicted molar refractivity (Wildman–Crippen MR) is 94.2 cm³/mol. The van der Waals surface area contributed by atoms with Crippen molar-refractivity contribution in [3.8, 4) is 23.0 Å².